The van der Waals surface area contributed by atoms with Crippen LogP contribution in [0.1, 0.15) is 48.4 Å². The van der Waals surface area contributed by atoms with Crippen LogP contribution in [0.5, 0.6) is 0 Å². The van der Waals surface area contributed by atoms with Gasteiger partial charge in [0.25, 0.3) is 5.91 Å². The molecule has 1 aromatic heterocycles. The highest BCUT2D eigenvalue weighted by Crippen LogP contribution is 2.28. The highest BCUT2D eigenvalue weighted by atomic mass is 35.5. The zero-order valence-corrected chi connectivity index (χ0v) is 25.5. The van der Waals surface area contributed by atoms with Crippen molar-refractivity contribution in [2.45, 2.75) is 38.6 Å². The minimum Gasteiger partial charge on any atom is -0.465 e. The molecule has 1 atom stereocenters. The molecule has 0 radical (unpaired) electrons. The van der Waals surface area contributed by atoms with Crippen LogP contribution in [0.3, 0.4) is 0 Å². The van der Waals surface area contributed by atoms with Crippen molar-refractivity contribution in [3.05, 3.63) is 64.3 Å². The van der Waals surface area contributed by atoms with E-state index in [0.717, 1.165) is 16.5 Å². The number of aromatic nitrogens is 1. The van der Waals surface area contributed by atoms with Gasteiger partial charge in [0.2, 0.25) is 0 Å². The third-order valence-corrected chi connectivity index (χ3v) is 8.33. The van der Waals surface area contributed by atoms with E-state index in [0.29, 0.717) is 16.3 Å². The van der Waals surface area contributed by atoms with Gasteiger partial charge in [-0.2, -0.15) is 0 Å². The first kappa shape index (κ1) is 32.6. The summed E-state index contributed by atoms with van der Waals surface area (Å²) < 4.78 is 42.2. The smallest absolute Gasteiger partial charge is 0.321 e. The van der Waals surface area contributed by atoms with Crippen molar-refractivity contribution >= 4 is 56.2 Å². The second-order valence-electron chi connectivity index (χ2n) is 9.95. The molecule has 11 nitrogen and oxygen atoms in total. The Labute approximate surface area is 249 Å². The second-order valence-corrected chi connectivity index (χ2v) is 12.3. The van der Waals surface area contributed by atoms with Crippen LogP contribution < -0.4 is 5.32 Å². The summed E-state index contributed by atoms with van der Waals surface area (Å²) in [6, 6.07) is 10.9. The van der Waals surface area contributed by atoms with E-state index in [1.807, 2.05) is 19.1 Å². The Morgan fingerprint density at radius 2 is 1.50 bits per heavy atom. The number of hydrogen-bond acceptors (Lipinski definition) is 9. The number of carbonyl (C=O) groups is 4. The predicted molar refractivity (Wildman–Crippen MR) is 155 cm³/mol. The van der Waals surface area contributed by atoms with E-state index in [1.165, 1.54) is 26.0 Å². The number of amides is 1. The SMILES string of the molecule is CC(=O)OCC(COC(C)=O)COC(=O)CS(=O)(=O)c1ccc(C(C)NC(=O)c2cc3c(Cl)cc(C)cc3n2C)cc1. The van der Waals surface area contributed by atoms with Crippen molar-refractivity contribution in [1.29, 1.82) is 0 Å². The van der Waals surface area contributed by atoms with Gasteiger partial charge < -0.3 is 24.1 Å². The lowest BCUT2D eigenvalue weighted by Crippen LogP contribution is -2.28. The quantitative estimate of drug-likeness (QED) is 0.236. The molecule has 0 spiro atoms. The summed E-state index contributed by atoms with van der Waals surface area (Å²) in [6.07, 6.45) is 0. The van der Waals surface area contributed by atoms with E-state index < -0.39 is 45.5 Å². The molecule has 1 heterocycles. The molecule has 0 saturated carbocycles. The van der Waals surface area contributed by atoms with Crippen molar-refractivity contribution < 1.29 is 41.8 Å². The maximum atomic E-state index is 13.0. The molecule has 1 unspecified atom stereocenters. The molecule has 3 rings (SSSR count). The minimum absolute atomic E-state index is 0.100. The first-order valence-electron chi connectivity index (χ1n) is 13.0. The molecule has 42 heavy (non-hydrogen) atoms. The van der Waals surface area contributed by atoms with Crippen molar-refractivity contribution in [3.63, 3.8) is 0 Å². The summed E-state index contributed by atoms with van der Waals surface area (Å²) in [6.45, 7) is 5.42. The van der Waals surface area contributed by atoms with Gasteiger partial charge in [-0.25, -0.2) is 8.42 Å². The number of nitrogens with zero attached hydrogens (tertiary/aromatic N) is 1. The van der Waals surface area contributed by atoms with Crippen LogP contribution in [0.15, 0.2) is 47.4 Å². The van der Waals surface area contributed by atoms with Gasteiger partial charge in [0.05, 0.1) is 27.4 Å². The molecule has 1 N–H and O–H groups in total. The summed E-state index contributed by atoms with van der Waals surface area (Å²) in [5.41, 5.74) is 2.87. The number of rotatable bonds is 12. The van der Waals surface area contributed by atoms with E-state index in [1.54, 1.807) is 36.7 Å². The number of halogens is 1. The molecule has 0 saturated heterocycles. The number of aryl methyl sites for hydroxylation is 2. The fourth-order valence-electron chi connectivity index (χ4n) is 4.16. The van der Waals surface area contributed by atoms with Crippen molar-refractivity contribution in [2.24, 2.45) is 13.0 Å². The van der Waals surface area contributed by atoms with Crippen LogP contribution in [0.2, 0.25) is 5.02 Å². The topological polar surface area (TPSA) is 147 Å². The molecule has 0 aliphatic rings. The van der Waals surface area contributed by atoms with Crippen LogP contribution in [-0.4, -0.2) is 62.4 Å². The van der Waals surface area contributed by atoms with E-state index in [2.05, 4.69) is 5.32 Å². The highest BCUT2D eigenvalue weighted by molar-refractivity contribution is 7.92. The van der Waals surface area contributed by atoms with Crippen molar-refractivity contribution in [3.8, 4) is 0 Å². The summed E-state index contributed by atoms with van der Waals surface area (Å²) in [5, 5.41) is 4.23. The Kier molecular flexibility index (Phi) is 10.7. The van der Waals surface area contributed by atoms with Gasteiger partial charge in [-0.3, -0.25) is 19.2 Å². The number of sulfone groups is 1. The number of ether oxygens (including phenoxy) is 3. The Bertz CT molecular complexity index is 1580. The summed E-state index contributed by atoms with van der Waals surface area (Å²) in [7, 11) is -2.26. The highest BCUT2D eigenvalue weighted by Gasteiger charge is 2.23. The standard InChI is InChI=1S/C29H33ClN2O9S/c1-17-10-25(30)24-12-27(32(5)26(24)11-17)29(36)31-18(2)22-6-8-23(9-7-22)42(37,38)16-28(35)41-15-21(13-39-19(3)33)14-40-20(4)34/h6-12,18,21H,13-16H2,1-5H3,(H,31,36). The van der Waals surface area contributed by atoms with E-state index >= 15 is 0 Å². The van der Waals surface area contributed by atoms with Crippen LogP contribution in [-0.2, 0) is 45.5 Å². The largest absolute Gasteiger partial charge is 0.465 e. The van der Waals surface area contributed by atoms with Gasteiger partial charge >= 0.3 is 17.9 Å². The number of benzene rings is 2. The van der Waals surface area contributed by atoms with Gasteiger partial charge in [0.15, 0.2) is 15.6 Å². The Morgan fingerprint density at radius 1 is 0.929 bits per heavy atom. The Balaban J connectivity index is 1.61. The van der Waals surface area contributed by atoms with Gasteiger partial charge in [0, 0.05) is 26.3 Å². The van der Waals surface area contributed by atoms with Crippen LogP contribution in [0.25, 0.3) is 10.9 Å². The lowest BCUT2D eigenvalue weighted by Gasteiger charge is -2.17. The van der Waals surface area contributed by atoms with Gasteiger partial charge in [-0.15, -0.1) is 0 Å². The lowest BCUT2D eigenvalue weighted by atomic mass is 10.1. The molecule has 226 valence electrons. The molecule has 0 aliphatic carbocycles. The van der Waals surface area contributed by atoms with Crippen LogP contribution in [0.4, 0.5) is 0 Å². The van der Waals surface area contributed by atoms with Gasteiger partial charge in [-0.05, 0) is 55.3 Å². The third kappa shape index (κ3) is 8.56. The van der Waals surface area contributed by atoms with Crippen LogP contribution in [0, 0.1) is 12.8 Å². The van der Waals surface area contributed by atoms with E-state index in [-0.39, 0.29) is 30.6 Å². The Morgan fingerprint density at radius 3 is 2.07 bits per heavy atom. The fourth-order valence-corrected chi connectivity index (χ4v) is 5.59. The average molecular weight is 621 g/mol. The zero-order chi connectivity index (χ0) is 31.2. The summed E-state index contributed by atoms with van der Waals surface area (Å²) in [4.78, 5) is 47.4. The van der Waals surface area contributed by atoms with Gasteiger partial charge in [0.1, 0.15) is 25.5 Å². The predicted octanol–water partition coefficient (Wildman–Crippen LogP) is 3.69. The average Bonchev–Trinajstić information content (AvgIpc) is 3.24. The number of nitrogens with one attached hydrogen (secondary N) is 1. The van der Waals surface area contributed by atoms with E-state index in [9.17, 15) is 27.6 Å². The molecule has 0 bridgehead atoms. The normalized spacial score (nSPS) is 12.2. The van der Waals surface area contributed by atoms with Gasteiger partial charge in [-0.1, -0.05) is 23.7 Å². The molecular weight excluding hydrogens is 588 g/mol. The van der Waals surface area contributed by atoms with Crippen LogP contribution >= 0.6 is 11.6 Å². The monoisotopic (exact) mass is 620 g/mol. The molecule has 1 amide bonds. The molecule has 13 heteroatoms. The maximum Gasteiger partial charge on any atom is 0.321 e. The minimum atomic E-state index is -4.04. The molecule has 3 aromatic rings. The zero-order valence-electron chi connectivity index (χ0n) is 23.9. The molecular formula is C29H33ClN2O9S. The van der Waals surface area contributed by atoms with Crippen molar-refractivity contribution in [1.82, 2.24) is 9.88 Å². The number of esters is 3. The number of carbonyl (C=O) groups excluding carboxylic acids is 4. The molecule has 2 aromatic carbocycles. The van der Waals surface area contributed by atoms with E-state index in [4.69, 9.17) is 25.8 Å². The first-order valence-corrected chi connectivity index (χ1v) is 15.0. The third-order valence-electron chi connectivity index (χ3n) is 6.41. The first-order chi connectivity index (χ1) is 19.7. The number of hydrogen-bond donors (Lipinski definition) is 1. The Hall–Kier alpha value is -3.90. The lowest BCUT2D eigenvalue weighted by molar-refractivity contribution is -0.150. The molecule has 0 fully saturated rings. The maximum absolute atomic E-state index is 13.0. The summed E-state index contributed by atoms with van der Waals surface area (Å²) in [5.74, 6) is -4.05. The molecule has 0 aliphatic heterocycles. The van der Waals surface area contributed by atoms with Crippen molar-refractivity contribution in [2.75, 3.05) is 25.6 Å². The second kappa shape index (κ2) is 13.8. The summed E-state index contributed by atoms with van der Waals surface area (Å²) >= 11 is 6.36. The fraction of sp³-hybridized carbons (Fsp3) is 0.379. The number of fused-ring (bicyclic) bond motifs is 1.